The number of primary amides is 1. The monoisotopic (exact) mass is 197 g/mol. The van der Waals surface area contributed by atoms with E-state index in [-0.39, 0.29) is 5.97 Å². The number of carbonyl (C=O) groups is 2. The molecular formula is C10H15NO3. The fourth-order valence-electron chi connectivity index (χ4n) is 1.62. The molecule has 1 rings (SSSR count). The second-order valence-corrected chi connectivity index (χ2v) is 3.25. The van der Waals surface area contributed by atoms with Crippen molar-refractivity contribution in [1.82, 2.24) is 0 Å². The van der Waals surface area contributed by atoms with Crippen molar-refractivity contribution >= 4 is 11.9 Å². The molecule has 0 bridgehead atoms. The van der Waals surface area contributed by atoms with Crippen molar-refractivity contribution in [2.45, 2.75) is 32.6 Å². The van der Waals surface area contributed by atoms with E-state index in [9.17, 15) is 9.59 Å². The summed E-state index contributed by atoms with van der Waals surface area (Å²) in [5, 5.41) is 0. The number of hydrogen-bond acceptors (Lipinski definition) is 3. The summed E-state index contributed by atoms with van der Waals surface area (Å²) in [6.45, 7) is 2.07. The molecule has 0 unspecified atom stereocenters. The van der Waals surface area contributed by atoms with Crippen LogP contribution in [-0.2, 0) is 14.3 Å². The average molecular weight is 197 g/mol. The van der Waals surface area contributed by atoms with Crippen LogP contribution in [0.15, 0.2) is 11.1 Å². The third kappa shape index (κ3) is 2.34. The molecule has 0 radical (unpaired) electrons. The fraction of sp³-hybridized carbons (Fsp3) is 0.600. The molecule has 1 amide bonds. The lowest BCUT2D eigenvalue weighted by atomic mass is 9.91. The maximum atomic E-state index is 11.4. The predicted octanol–water partition coefficient (Wildman–Crippen LogP) is 0.905. The zero-order valence-electron chi connectivity index (χ0n) is 8.34. The topological polar surface area (TPSA) is 69.4 Å². The molecule has 0 heterocycles. The summed E-state index contributed by atoms with van der Waals surface area (Å²) >= 11 is 0. The van der Waals surface area contributed by atoms with Crippen LogP contribution in [0, 0.1) is 0 Å². The summed E-state index contributed by atoms with van der Waals surface area (Å²) < 4.78 is 4.86. The van der Waals surface area contributed by atoms with Crippen LogP contribution in [0.25, 0.3) is 0 Å². The van der Waals surface area contributed by atoms with E-state index in [4.69, 9.17) is 10.5 Å². The highest BCUT2D eigenvalue weighted by molar-refractivity contribution is 6.02. The highest BCUT2D eigenvalue weighted by Crippen LogP contribution is 2.25. The average Bonchev–Trinajstić information content (AvgIpc) is 2.18. The lowest BCUT2D eigenvalue weighted by molar-refractivity contribution is -0.139. The van der Waals surface area contributed by atoms with Crippen molar-refractivity contribution in [3.8, 4) is 0 Å². The zero-order chi connectivity index (χ0) is 10.6. The number of hydrogen-bond donors (Lipinski definition) is 1. The Balaban J connectivity index is 2.88. The van der Waals surface area contributed by atoms with Crippen LogP contribution in [0.5, 0.6) is 0 Å². The predicted molar refractivity (Wildman–Crippen MR) is 51.3 cm³/mol. The van der Waals surface area contributed by atoms with Gasteiger partial charge in [0, 0.05) is 11.1 Å². The highest BCUT2D eigenvalue weighted by atomic mass is 16.5. The standard InChI is InChI=1S/C10H15NO3/c1-2-14-10(13)8-6-4-3-5-7(8)9(11)12/h2-6H2,1H3,(H2,11,12). The van der Waals surface area contributed by atoms with Crippen LogP contribution in [0.3, 0.4) is 0 Å². The normalized spacial score (nSPS) is 16.6. The first-order valence-electron chi connectivity index (χ1n) is 4.85. The Hall–Kier alpha value is -1.32. The van der Waals surface area contributed by atoms with Crippen LogP contribution in [0.2, 0.25) is 0 Å². The molecule has 0 aromatic heterocycles. The minimum absolute atomic E-state index is 0.328. The summed E-state index contributed by atoms with van der Waals surface area (Å²) in [6.07, 6.45) is 3.05. The maximum absolute atomic E-state index is 11.4. The summed E-state index contributed by atoms with van der Waals surface area (Å²) in [5.74, 6) is -0.881. The number of rotatable bonds is 3. The van der Waals surface area contributed by atoms with Gasteiger partial charge in [0.15, 0.2) is 0 Å². The van der Waals surface area contributed by atoms with Gasteiger partial charge in [0.25, 0.3) is 0 Å². The van der Waals surface area contributed by atoms with Crippen LogP contribution in [-0.4, -0.2) is 18.5 Å². The summed E-state index contributed by atoms with van der Waals surface area (Å²) in [6, 6.07) is 0. The van der Waals surface area contributed by atoms with Crippen molar-refractivity contribution in [2.24, 2.45) is 5.73 Å². The first kappa shape index (κ1) is 10.8. The second kappa shape index (κ2) is 4.79. The maximum Gasteiger partial charge on any atom is 0.334 e. The minimum atomic E-state index is -0.493. The van der Waals surface area contributed by atoms with Gasteiger partial charge in [-0.15, -0.1) is 0 Å². The highest BCUT2D eigenvalue weighted by Gasteiger charge is 2.22. The van der Waals surface area contributed by atoms with E-state index in [2.05, 4.69) is 0 Å². The zero-order valence-corrected chi connectivity index (χ0v) is 8.34. The van der Waals surface area contributed by atoms with E-state index in [1.54, 1.807) is 6.92 Å². The Kier molecular flexibility index (Phi) is 3.68. The molecule has 0 aliphatic heterocycles. The Bertz CT molecular complexity index is 281. The van der Waals surface area contributed by atoms with Gasteiger partial charge in [0.1, 0.15) is 0 Å². The van der Waals surface area contributed by atoms with Gasteiger partial charge in [0.2, 0.25) is 5.91 Å². The number of ether oxygens (including phenoxy) is 1. The fourth-order valence-corrected chi connectivity index (χ4v) is 1.62. The molecule has 0 atom stereocenters. The first-order chi connectivity index (χ1) is 6.66. The van der Waals surface area contributed by atoms with E-state index in [0.29, 0.717) is 30.6 Å². The molecular weight excluding hydrogens is 182 g/mol. The van der Waals surface area contributed by atoms with Gasteiger partial charge in [-0.05, 0) is 32.6 Å². The van der Waals surface area contributed by atoms with E-state index < -0.39 is 5.91 Å². The van der Waals surface area contributed by atoms with E-state index in [1.165, 1.54) is 0 Å². The van der Waals surface area contributed by atoms with Gasteiger partial charge >= 0.3 is 5.97 Å². The van der Waals surface area contributed by atoms with Crippen LogP contribution in [0.1, 0.15) is 32.6 Å². The third-order valence-electron chi connectivity index (χ3n) is 2.29. The molecule has 2 N–H and O–H groups in total. The van der Waals surface area contributed by atoms with Gasteiger partial charge in [-0.1, -0.05) is 0 Å². The van der Waals surface area contributed by atoms with Gasteiger partial charge in [-0.25, -0.2) is 4.79 Å². The van der Waals surface area contributed by atoms with Gasteiger partial charge in [-0.2, -0.15) is 0 Å². The molecule has 0 fully saturated rings. The summed E-state index contributed by atoms with van der Waals surface area (Å²) in [4.78, 5) is 22.5. The van der Waals surface area contributed by atoms with Gasteiger partial charge < -0.3 is 10.5 Å². The van der Waals surface area contributed by atoms with E-state index >= 15 is 0 Å². The number of amides is 1. The summed E-state index contributed by atoms with van der Waals surface area (Å²) in [7, 11) is 0. The van der Waals surface area contributed by atoms with Crippen molar-refractivity contribution < 1.29 is 14.3 Å². The molecule has 14 heavy (non-hydrogen) atoms. The Morgan fingerprint density at radius 1 is 1.29 bits per heavy atom. The van der Waals surface area contributed by atoms with Crippen molar-refractivity contribution in [2.75, 3.05) is 6.61 Å². The van der Waals surface area contributed by atoms with E-state index in [0.717, 1.165) is 12.8 Å². The quantitative estimate of drug-likeness (QED) is 0.683. The lowest BCUT2D eigenvalue weighted by Gasteiger charge is -2.16. The second-order valence-electron chi connectivity index (χ2n) is 3.25. The Morgan fingerprint density at radius 2 is 1.86 bits per heavy atom. The van der Waals surface area contributed by atoms with Crippen LogP contribution >= 0.6 is 0 Å². The first-order valence-corrected chi connectivity index (χ1v) is 4.85. The van der Waals surface area contributed by atoms with Crippen LogP contribution < -0.4 is 5.73 Å². The molecule has 4 nitrogen and oxygen atoms in total. The molecule has 0 aromatic rings. The molecule has 0 saturated heterocycles. The third-order valence-corrected chi connectivity index (χ3v) is 2.29. The lowest BCUT2D eigenvalue weighted by Crippen LogP contribution is -2.22. The van der Waals surface area contributed by atoms with Crippen LogP contribution in [0.4, 0.5) is 0 Å². The summed E-state index contributed by atoms with van der Waals surface area (Å²) in [5.41, 5.74) is 6.12. The Labute approximate surface area is 83.1 Å². The molecule has 78 valence electrons. The number of nitrogens with two attached hydrogens (primary N) is 1. The number of carbonyl (C=O) groups excluding carboxylic acids is 2. The molecule has 1 aliphatic rings. The number of esters is 1. The smallest absolute Gasteiger partial charge is 0.334 e. The molecule has 0 spiro atoms. The van der Waals surface area contributed by atoms with E-state index in [1.807, 2.05) is 0 Å². The minimum Gasteiger partial charge on any atom is -0.463 e. The molecule has 0 aromatic carbocycles. The Morgan fingerprint density at radius 3 is 2.36 bits per heavy atom. The van der Waals surface area contributed by atoms with Crippen molar-refractivity contribution in [3.05, 3.63) is 11.1 Å². The molecule has 0 saturated carbocycles. The molecule has 4 heteroatoms. The van der Waals surface area contributed by atoms with Gasteiger partial charge in [0.05, 0.1) is 6.61 Å². The van der Waals surface area contributed by atoms with Crippen molar-refractivity contribution in [3.63, 3.8) is 0 Å². The SMILES string of the molecule is CCOC(=O)C1=C(C(N)=O)CCCC1. The largest absolute Gasteiger partial charge is 0.463 e. The molecule has 1 aliphatic carbocycles. The van der Waals surface area contributed by atoms with Crippen molar-refractivity contribution in [1.29, 1.82) is 0 Å². The van der Waals surface area contributed by atoms with Gasteiger partial charge in [-0.3, -0.25) is 4.79 Å².